The number of hydrogen-bond acceptors (Lipinski definition) is 5. The van der Waals surface area contributed by atoms with Crippen molar-refractivity contribution in [1.82, 2.24) is 0 Å². The van der Waals surface area contributed by atoms with Crippen LogP contribution >= 0.6 is 23.2 Å². The summed E-state index contributed by atoms with van der Waals surface area (Å²) in [4.78, 5) is 0. The number of halogens is 2. The lowest BCUT2D eigenvalue weighted by Gasteiger charge is -2.24. The highest BCUT2D eigenvalue weighted by Gasteiger charge is 2.24. The zero-order chi connectivity index (χ0) is 17.7. The predicted octanol–water partition coefficient (Wildman–Crippen LogP) is 3.48. The van der Waals surface area contributed by atoms with Gasteiger partial charge in [-0.1, -0.05) is 29.3 Å². The molecule has 2 atom stereocenters. The van der Waals surface area contributed by atoms with Gasteiger partial charge in [0.15, 0.2) is 17.6 Å². The molecule has 2 aromatic carbocycles. The summed E-state index contributed by atoms with van der Waals surface area (Å²) < 4.78 is 16.0. The van der Waals surface area contributed by atoms with Gasteiger partial charge in [-0.2, -0.15) is 0 Å². The molecule has 0 aliphatic rings. The minimum Gasteiger partial charge on any atom is -0.493 e. The van der Waals surface area contributed by atoms with Crippen LogP contribution in [0, 0.1) is 0 Å². The van der Waals surface area contributed by atoms with Gasteiger partial charge in [-0.25, -0.2) is 0 Å². The SMILES string of the molecule is COc1ccc([C@H](O)[C@H](CO)Oc2ccc(Cl)cc2Cl)cc1OC. The first-order chi connectivity index (χ1) is 11.5. The van der Waals surface area contributed by atoms with E-state index in [0.717, 1.165) is 0 Å². The fraction of sp³-hybridized carbons (Fsp3) is 0.294. The highest BCUT2D eigenvalue weighted by molar-refractivity contribution is 6.35. The van der Waals surface area contributed by atoms with Crippen molar-refractivity contribution >= 4 is 23.2 Å². The van der Waals surface area contributed by atoms with Crippen LogP contribution in [0.4, 0.5) is 0 Å². The van der Waals surface area contributed by atoms with Crippen molar-refractivity contribution in [2.24, 2.45) is 0 Å². The second-order valence-electron chi connectivity index (χ2n) is 4.97. The summed E-state index contributed by atoms with van der Waals surface area (Å²) in [5, 5.41) is 20.9. The van der Waals surface area contributed by atoms with Gasteiger partial charge in [0.25, 0.3) is 0 Å². The van der Waals surface area contributed by atoms with Crippen molar-refractivity contribution in [2.45, 2.75) is 12.2 Å². The number of ether oxygens (including phenoxy) is 3. The molecular formula is C17H18Cl2O5. The number of rotatable bonds is 7. The second kappa shape index (κ2) is 8.44. The maximum atomic E-state index is 10.5. The molecule has 0 aliphatic heterocycles. The average Bonchev–Trinajstić information content (AvgIpc) is 2.60. The van der Waals surface area contributed by atoms with Gasteiger partial charge in [0.2, 0.25) is 0 Å². The van der Waals surface area contributed by atoms with Gasteiger partial charge in [-0.05, 0) is 35.9 Å². The van der Waals surface area contributed by atoms with Crippen LogP contribution in [0.15, 0.2) is 36.4 Å². The molecule has 2 rings (SSSR count). The molecule has 2 N–H and O–H groups in total. The first-order valence-electron chi connectivity index (χ1n) is 7.12. The molecule has 0 spiro atoms. The van der Waals surface area contributed by atoms with E-state index in [2.05, 4.69) is 0 Å². The van der Waals surface area contributed by atoms with Gasteiger partial charge >= 0.3 is 0 Å². The summed E-state index contributed by atoms with van der Waals surface area (Å²) in [7, 11) is 3.03. The zero-order valence-electron chi connectivity index (χ0n) is 13.2. The Morgan fingerprint density at radius 3 is 2.21 bits per heavy atom. The number of aliphatic hydroxyl groups excluding tert-OH is 2. The lowest BCUT2D eigenvalue weighted by Crippen LogP contribution is -2.29. The summed E-state index contributed by atoms with van der Waals surface area (Å²) in [5.41, 5.74) is 0.511. The molecule has 0 aliphatic carbocycles. The molecule has 0 radical (unpaired) electrons. The van der Waals surface area contributed by atoms with Crippen molar-refractivity contribution in [1.29, 1.82) is 0 Å². The number of benzene rings is 2. The van der Waals surface area contributed by atoms with Crippen LogP contribution in [0.1, 0.15) is 11.7 Å². The van der Waals surface area contributed by atoms with E-state index in [0.29, 0.717) is 32.9 Å². The predicted molar refractivity (Wildman–Crippen MR) is 92.5 cm³/mol. The Bertz CT molecular complexity index is 693. The maximum absolute atomic E-state index is 10.5. The largest absolute Gasteiger partial charge is 0.493 e. The van der Waals surface area contributed by atoms with Crippen molar-refractivity contribution in [3.8, 4) is 17.2 Å². The van der Waals surface area contributed by atoms with Gasteiger partial charge in [-0.15, -0.1) is 0 Å². The molecule has 7 heteroatoms. The quantitative estimate of drug-likeness (QED) is 0.778. The average molecular weight is 373 g/mol. The Hall–Kier alpha value is -1.66. The Kier molecular flexibility index (Phi) is 6.57. The smallest absolute Gasteiger partial charge is 0.161 e. The Balaban J connectivity index is 2.23. The van der Waals surface area contributed by atoms with Crippen LogP contribution in [0.2, 0.25) is 10.0 Å². The van der Waals surface area contributed by atoms with E-state index >= 15 is 0 Å². The topological polar surface area (TPSA) is 68.2 Å². The molecule has 24 heavy (non-hydrogen) atoms. The third-order valence-electron chi connectivity index (χ3n) is 3.45. The van der Waals surface area contributed by atoms with Crippen LogP contribution in [-0.2, 0) is 0 Å². The fourth-order valence-corrected chi connectivity index (χ4v) is 2.64. The Morgan fingerprint density at radius 2 is 1.62 bits per heavy atom. The molecule has 0 fully saturated rings. The normalized spacial score (nSPS) is 13.2. The minimum atomic E-state index is -1.10. The first kappa shape index (κ1) is 18.7. The molecule has 0 amide bonds. The standard InChI is InChI=1S/C17H18Cl2O5/c1-22-14-5-3-10(7-15(14)23-2)17(21)16(9-20)24-13-6-4-11(18)8-12(13)19/h3-8,16-17,20-21H,9H2,1-2H3/t16-,17-/m0/s1. The molecule has 0 aromatic heterocycles. The van der Waals surface area contributed by atoms with Crippen LogP contribution in [0.5, 0.6) is 17.2 Å². The lowest BCUT2D eigenvalue weighted by atomic mass is 10.0. The summed E-state index contributed by atoms with van der Waals surface area (Å²) >= 11 is 11.9. The summed E-state index contributed by atoms with van der Waals surface area (Å²) in [5.74, 6) is 1.32. The van der Waals surface area contributed by atoms with E-state index in [9.17, 15) is 10.2 Å². The lowest BCUT2D eigenvalue weighted by molar-refractivity contribution is 0.000723. The van der Waals surface area contributed by atoms with E-state index in [-0.39, 0.29) is 0 Å². The highest BCUT2D eigenvalue weighted by Crippen LogP contribution is 2.33. The van der Waals surface area contributed by atoms with Gasteiger partial charge < -0.3 is 24.4 Å². The Labute approximate surface area is 150 Å². The molecule has 5 nitrogen and oxygen atoms in total. The van der Waals surface area contributed by atoms with Gasteiger partial charge in [0.1, 0.15) is 11.9 Å². The van der Waals surface area contributed by atoms with E-state index < -0.39 is 18.8 Å². The van der Waals surface area contributed by atoms with E-state index in [1.54, 1.807) is 30.3 Å². The fourth-order valence-electron chi connectivity index (χ4n) is 2.19. The Morgan fingerprint density at radius 1 is 0.958 bits per heavy atom. The monoisotopic (exact) mass is 372 g/mol. The molecule has 2 aromatic rings. The van der Waals surface area contributed by atoms with Crippen LogP contribution in [-0.4, -0.2) is 37.1 Å². The summed E-state index contributed by atoms with van der Waals surface area (Å²) in [6, 6.07) is 9.67. The number of hydrogen-bond donors (Lipinski definition) is 2. The highest BCUT2D eigenvalue weighted by atomic mass is 35.5. The molecule has 0 heterocycles. The third-order valence-corrected chi connectivity index (χ3v) is 3.98. The summed E-state index contributed by atoms with van der Waals surface area (Å²) in [6.07, 6.45) is -2.01. The van der Waals surface area contributed by atoms with Crippen LogP contribution in [0.3, 0.4) is 0 Å². The molecule has 0 saturated heterocycles. The second-order valence-corrected chi connectivity index (χ2v) is 5.82. The van der Waals surface area contributed by atoms with Gasteiger partial charge in [0.05, 0.1) is 25.8 Å². The first-order valence-corrected chi connectivity index (χ1v) is 7.88. The molecular weight excluding hydrogens is 355 g/mol. The van der Waals surface area contributed by atoms with Crippen molar-refractivity contribution in [2.75, 3.05) is 20.8 Å². The number of methoxy groups -OCH3 is 2. The van der Waals surface area contributed by atoms with E-state index in [1.165, 1.54) is 20.3 Å². The van der Waals surface area contributed by atoms with E-state index in [1.807, 2.05) is 0 Å². The van der Waals surface area contributed by atoms with Crippen LogP contribution in [0.25, 0.3) is 0 Å². The van der Waals surface area contributed by atoms with Crippen molar-refractivity contribution < 1.29 is 24.4 Å². The van der Waals surface area contributed by atoms with Crippen molar-refractivity contribution in [3.63, 3.8) is 0 Å². The van der Waals surface area contributed by atoms with Gasteiger partial charge in [0, 0.05) is 5.02 Å². The molecule has 130 valence electrons. The minimum absolute atomic E-state index is 0.292. The molecule has 0 saturated carbocycles. The third kappa shape index (κ3) is 4.24. The van der Waals surface area contributed by atoms with E-state index in [4.69, 9.17) is 37.4 Å². The van der Waals surface area contributed by atoms with Crippen molar-refractivity contribution in [3.05, 3.63) is 52.0 Å². The van der Waals surface area contributed by atoms with Gasteiger partial charge in [-0.3, -0.25) is 0 Å². The maximum Gasteiger partial charge on any atom is 0.161 e. The molecule has 0 bridgehead atoms. The molecule has 0 unspecified atom stereocenters. The zero-order valence-corrected chi connectivity index (χ0v) is 14.7. The number of aliphatic hydroxyl groups is 2. The summed E-state index contributed by atoms with van der Waals surface area (Å²) in [6.45, 7) is -0.408. The van der Waals surface area contributed by atoms with Crippen LogP contribution < -0.4 is 14.2 Å².